The predicted molar refractivity (Wildman–Crippen MR) is 86.2 cm³/mol. The van der Waals surface area contributed by atoms with Crippen LogP contribution in [0.3, 0.4) is 0 Å². The first-order valence-electron chi connectivity index (χ1n) is 7.37. The van der Waals surface area contributed by atoms with Crippen molar-refractivity contribution in [1.29, 1.82) is 0 Å². The summed E-state index contributed by atoms with van der Waals surface area (Å²) in [6.45, 7) is 1.98. The van der Waals surface area contributed by atoms with E-state index in [1.54, 1.807) is 12.1 Å². The van der Waals surface area contributed by atoms with Crippen molar-refractivity contribution in [3.05, 3.63) is 29.6 Å². The fourth-order valence-corrected chi connectivity index (χ4v) is 4.47. The van der Waals surface area contributed by atoms with Gasteiger partial charge < -0.3 is 9.67 Å². The number of para-hydroxylation sites is 1. The Bertz CT molecular complexity index is 680. The van der Waals surface area contributed by atoms with Crippen molar-refractivity contribution in [3.63, 3.8) is 0 Å². The number of carboxylic acids is 1. The van der Waals surface area contributed by atoms with Gasteiger partial charge in [-0.05, 0) is 38.2 Å². The molecule has 0 amide bonds. The number of fused-ring (bicyclic) bond motifs is 1. The number of thioether (sulfide) groups is 1. The van der Waals surface area contributed by atoms with E-state index in [9.17, 15) is 9.90 Å². The lowest BCUT2D eigenvalue weighted by atomic mass is 9.94. The van der Waals surface area contributed by atoms with Crippen LogP contribution in [-0.2, 0) is 0 Å². The minimum atomic E-state index is -0.877. The Morgan fingerprint density at radius 3 is 2.86 bits per heavy atom. The number of imidazole rings is 1. The maximum absolute atomic E-state index is 11.6. The van der Waals surface area contributed by atoms with Gasteiger partial charge >= 0.3 is 5.97 Å². The van der Waals surface area contributed by atoms with Crippen LogP contribution in [0.25, 0.3) is 11.0 Å². The molecule has 1 aliphatic rings. The van der Waals surface area contributed by atoms with E-state index in [1.165, 1.54) is 19.3 Å². The summed E-state index contributed by atoms with van der Waals surface area (Å²) < 4.78 is 2.18. The Hall–Kier alpha value is -1.49. The molecule has 1 saturated carbocycles. The summed E-state index contributed by atoms with van der Waals surface area (Å²) >= 11 is 1.89. The minimum Gasteiger partial charge on any atom is -0.478 e. The summed E-state index contributed by atoms with van der Waals surface area (Å²) in [6, 6.07) is 5.70. The van der Waals surface area contributed by atoms with Gasteiger partial charge in [0.05, 0.1) is 16.6 Å². The van der Waals surface area contributed by atoms with Crippen LogP contribution in [0, 0.1) is 6.92 Å². The molecule has 0 aliphatic heterocycles. The molecule has 1 aliphatic carbocycles. The van der Waals surface area contributed by atoms with E-state index in [-0.39, 0.29) is 0 Å². The molecule has 2 aromatic rings. The number of carbonyl (C=O) groups is 1. The molecular weight excluding hydrogens is 284 g/mol. The van der Waals surface area contributed by atoms with Crippen molar-refractivity contribution in [1.82, 2.24) is 9.55 Å². The maximum atomic E-state index is 11.6. The van der Waals surface area contributed by atoms with Crippen molar-refractivity contribution < 1.29 is 9.90 Å². The highest BCUT2D eigenvalue weighted by Crippen LogP contribution is 2.38. The van der Waals surface area contributed by atoms with E-state index in [0.717, 1.165) is 23.3 Å². The number of aromatic carboxylic acids is 1. The first kappa shape index (κ1) is 14.4. The third-order valence-electron chi connectivity index (χ3n) is 4.42. The summed E-state index contributed by atoms with van der Waals surface area (Å²) in [5, 5.41) is 10.0. The number of nitrogens with zero attached hydrogens (tertiary/aromatic N) is 2. The number of rotatable bonds is 3. The van der Waals surface area contributed by atoms with Gasteiger partial charge in [-0.2, -0.15) is 11.8 Å². The van der Waals surface area contributed by atoms with Crippen LogP contribution in [0.5, 0.6) is 0 Å². The number of aryl methyl sites for hydroxylation is 1. The minimum absolute atomic E-state index is 0.347. The van der Waals surface area contributed by atoms with Crippen LogP contribution < -0.4 is 0 Å². The number of benzene rings is 1. The van der Waals surface area contributed by atoms with Crippen molar-refractivity contribution in [3.8, 4) is 0 Å². The zero-order valence-corrected chi connectivity index (χ0v) is 13.2. The van der Waals surface area contributed by atoms with Gasteiger partial charge in [0.15, 0.2) is 0 Å². The Kier molecular flexibility index (Phi) is 3.93. The first-order chi connectivity index (χ1) is 10.1. The third-order valence-corrected chi connectivity index (χ3v) is 5.57. The van der Waals surface area contributed by atoms with Crippen LogP contribution in [0.4, 0.5) is 0 Å². The molecule has 1 fully saturated rings. The third kappa shape index (κ3) is 2.44. The Labute approximate surface area is 128 Å². The molecule has 1 aromatic carbocycles. The number of hydrogen-bond donors (Lipinski definition) is 1. The van der Waals surface area contributed by atoms with Gasteiger partial charge in [-0.3, -0.25) is 0 Å². The van der Waals surface area contributed by atoms with E-state index in [2.05, 4.69) is 15.8 Å². The lowest BCUT2D eigenvalue weighted by Crippen LogP contribution is -2.26. The van der Waals surface area contributed by atoms with Gasteiger partial charge in [-0.15, -0.1) is 0 Å². The Balaban J connectivity index is 2.21. The normalized spacial score (nSPS) is 22.6. The highest BCUT2D eigenvalue weighted by molar-refractivity contribution is 7.99. The standard InChI is InChI=1S/C16H20N2O2S/c1-10-17-12-7-5-6-11(16(19)20)15(12)18(10)13-8-3-4-9-14(13)21-2/h5-7,13-14H,3-4,8-9H2,1-2H3,(H,19,20). The largest absolute Gasteiger partial charge is 0.478 e. The molecule has 0 saturated heterocycles. The molecule has 4 nitrogen and oxygen atoms in total. The summed E-state index contributed by atoms with van der Waals surface area (Å²) in [5.74, 6) is 0.0444. The second-order valence-electron chi connectivity index (χ2n) is 5.63. The molecule has 2 atom stereocenters. The van der Waals surface area contributed by atoms with Crippen molar-refractivity contribution >= 4 is 28.8 Å². The molecular formula is C16H20N2O2S. The van der Waals surface area contributed by atoms with Gasteiger partial charge in [0.25, 0.3) is 0 Å². The van der Waals surface area contributed by atoms with Crippen molar-refractivity contribution in [2.45, 2.75) is 43.9 Å². The molecule has 3 rings (SSSR count). The molecule has 0 radical (unpaired) electrons. The van der Waals surface area contributed by atoms with Gasteiger partial charge in [0.2, 0.25) is 0 Å². The first-order valence-corrected chi connectivity index (χ1v) is 8.66. The highest BCUT2D eigenvalue weighted by atomic mass is 32.2. The van der Waals surface area contributed by atoms with Crippen LogP contribution in [-0.4, -0.2) is 32.1 Å². The fraction of sp³-hybridized carbons (Fsp3) is 0.500. The van der Waals surface area contributed by atoms with Crippen molar-refractivity contribution in [2.75, 3.05) is 6.26 Å². The maximum Gasteiger partial charge on any atom is 0.337 e. The molecule has 21 heavy (non-hydrogen) atoms. The lowest BCUT2D eigenvalue weighted by Gasteiger charge is -2.32. The van der Waals surface area contributed by atoms with E-state index < -0.39 is 5.97 Å². The molecule has 1 N–H and O–H groups in total. The van der Waals surface area contributed by atoms with Gasteiger partial charge in [0, 0.05) is 11.3 Å². The molecule has 1 heterocycles. The number of aromatic nitrogens is 2. The average molecular weight is 304 g/mol. The molecule has 0 spiro atoms. The van der Waals surface area contributed by atoms with Crippen LogP contribution in [0.2, 0.25) is 0 Å². The predicted octanol–water partition coefficient (Wildman–Crippen LogP) is 3.89. The van der Waals surface area contributed by atoms with E-state index in [1.807, 2.05) is 24.8 Å². The van der Waals surface area contributed by atoms with Crippen molar-refractivity contribution in [2.24, 2.45) is 0 Å². The summed E-state index contributed by atoms with van der Waals surface area (Å²) in [5.41, 5.74) is 1.94. The highest BCUT2D eigenvalue weighted by Gasteiger charge is 2.29. The Morgan fingerprint density at radius 2 is 2.14 bits per heavy atom. The lowest BCUT2D eigenvalue weighted by molar-refractivity contribution is 0.0698. The van der Waals surface area contributed by atoms with E-state index in [0.29, 0.717) is 16.9 Å². The van der Waals surface area contributed by atoms with E-state index >= 15 is 0 Å². The second kappa shape index (κ2) is 5.72. The zero-order chi connectivity index (χ0) is 15.0. The fourth-order valence-electron chi connectivity index (χ4n) is 3.49. The molecule has 5 heteroatoms. The molecule has 112 valence electrons. The quantitative estimate of drug-likeness (QED) is 0.934. The van der Waals surface area contributed by atoms with Gasteiger partial charge in [-0.1, -0.05) is 18.9 Å². The summed E-state index contributed by atoms with van der Waals surface area (Å²) in [4.78, 5) is 16.2. The second-order valence-corrected chi connectivity index (χ2v) is 6.71. The number of hydrogen-bond acceptors (Lipinski definition) is 3. The smallest absolute Gasteiger partial charge is 0.337 e. The number of carboxylic acid groups (broad SMARTS) is 1. The zero-order valence-electron chi connectivity index (χ0n) is 12.4. The Morgan fingerprint density at radius 1 is 1.38 bits per heavy atom. The topological polar surface area (TPSA) is 55.1 Å². The van der Waals surface area contributed by atoms with Gasteiger partial charge in [0.1, 0.15) is 5.82 Å². The summed E-state index contributed by atoms with van der Waals surface area (Å²) in [7, 11) is 0. The molecule has 2 unspecified atom stereocenters. The molecule has 1 aromatic heterocycles. The monoisotopic (exact) mass is 304 g/mol. The summed E-state index contributed by atoms with van der Waals surface area (Å²) in [6.07, 6.45) is 6.91. The van der Waals surface area contributed by atoms with Gasteiger partial charge in [-0.25, -0.2) is 9.78 Å². The molecule has 0 bridgehead atoms. The van der Waals surface area contributed by atoms with Crippen LogP contribution in [0.1, 0.15) is 47.9 Å². The van der Waals surface area contributed by atoms with E-state index in [4.69, 9.17) is 0 Å². The SMILES string of the molecule is CSC1CCCCC1n1c(C)nc2cccc(C(=O)O)c21. The van der Waals surface area contributed by atoms with Crippen LogP contribution >= 0.6 is 11.8 Å². The average Bonchev–Trinajstić information content (AvgIpc) is 2.82. The van der Waals surface area contributed by atoms with Crippen LogP contribution in [0.15, 0.2) is 18.2 Å².